The predicted molar refractivity (Wildman–Crippen MR) is 89.6 cm³/mol. The second-order valence-electron chi connectivity index (χ2n) is 5.99. The minimum absolute atomic E-state index is 0.169. The predicted octanol–water partition coefficient (Wildman–Crippen LogP) is 3.13. The van der Waals surface area contributed by atoms with Gasteiger partial charge in [-0.3, -0.25) is 4.90 Å². The van der Waals surface area contributed by atoms with Crippen molar-refractivity contribution in [1.29, 1.82) is 0 Å². The molecule has 2 aromatic carbocycles. The summed E-state index contributed by atoms with van der Waals surface area (Å²) in [6, 6.07) is 9.61. The average molecular weight is 348 g/mol. The van der Waals surface area contributed by atoms with Crippen molar-refractivity contribution < 1.29 is 19.3 Å². The van der Waals surface area contributed by atoms with Crippen molar-refractivity contribution in [2.24, 2.45) is 0 Å². The smallest absolute Gasteiger partial charge is 0.231 e. The summed E-state index contributed by atoms with van der Waals surface area (Å²) in [5.74, 6) is 1.88. The number of nitrogens with zero attached hydrogens (tertiary/aromatic N) is 1. The molecule has 24 heavy (non-hydrogen) atoms. The molecule has 0 spiro atoms. The molecule has 2 aromatic rings. The van der Waals surface area contributed by atoms with Crippen LogP contribution in [0.15, 0.2) is 30.3 Å². The highest BCUT2D eigenvalue weighted by atomic mass is 35.5. The van der Waals surface area contributed by atoms with Crippen LogP contribution >= 0.6 is 11.6 Å². The van der Waals surface area contributed by atoms with Gasteiger partial charge in [0.15, 0.2) is 11.5 Å². The first-order chi connectivity index (χ1) is 11.7. The van der Waals surface area contributed by atoms with Gasteiger partial charge in [-0.15, -0.1) is 0 Å². The average Bonchev–Trinajstić information content (AvgIpc) is 3.07. The molecule has 2 aliphatic rings. The molecule has 2 aliphatic heterocycles. The van der Waals surface area contributed by atoms with E-state index in [-0.39, 0.29) is 6.79 Å². The van der Waals surface area contributed by atoms with Crippen LogP contribution in [0.4, 0.5) is 0 Å². The molecule has 0 aliphatic carbocycles. The second-order valence-corrected chi connectivity index (χ2v) is 6.40. The number of halogens is 1. The molecule has 0 aromatic heterocycles. The van der Waals surface area contributed by atoms with Crippen molar-refractivity contribution in [3.05, 3.63) is 52.0 Å². The fourth-order valence-corrected chi connectivity index (χ4v) is 3.54. The number of fused-ring (bicyclic) bond motifs is 3. The van der Waals surface area contributed by atoms with Crippen LogP contribution in [0.3, 0.4) is 0 Å². The van der Waals surface area contributed by atoms with Gasteiger partial charge in [-0.05, 0) is 23.3 Å². The number of rotatable bonds is 3. The largest absolute Gasteiger partial charge is 0.493 e. The Balaban J connectivity index is 1.67. The number of hydrogen-bond acceptors (Lipinski definition) is 5. The van der Waals surface area contributed by atoms with Gasteiger partial charge in [0.1, 0.15) is 0 Å². The lowest BCUT2D eigenvalue weighted by atomic mass is 9.95. The van der Waals surface area contributed by atoms with Gasteiger partial charge in [0.2, 0.25) is 12.5 Å². The maximum Gasteiger partial charge on any atom is 0.231 e. The van der Waals surface area contributed by atoms with E-state index in [1.165, 1.54) is 0 Å². The molecule has 6 heteroatoms. The zero-order valence-corrected chi connectivity index (χ0v) is 14.0. The Bertz CT molecular complexity index is 780. The summed E-state index contributed by atoms with van der Waals surface area (Å²) >= 11 is 6.26. The summed E-state index contributed by atoms with van der Waals surface area (Å²) in [6.07, 6.45) is -0.611. The molecule has 4 rings (SSSR count). The number of methoxy groups -OCH3 is 1. The molecule has 0 radical (unpaired) electrons. The van der Waals surface area contributed by atoms with E-state index < -0.39 is 6.10 Å². The molecule has 0 bridgehead atoms. The zero-order valence-electron chi connectivity index (χ0n) is 13.3. The summed E-state index contributed by atoms with van der Waals surface area (Å²) in [5, 5.41) is 11.3. The molecule has 5 nitrogen and oxygen atoms in total. The Kier molecular flexibility index (Phi) is 4.00. The monoisotopic (exact) mass is 347 g/mol. The van der Waals surface area contributed by atoms with Crippen LogP contribution in [-0.4, -0.2) is 30.5 Å². The standard InChI is InChI=1S/C18H18ClNO4/c1-22-16-6-12-13(17-18(16)24-10-23-17)8-20(9-15(12)21)7-11-4-2-3-5-14(11)19/h2-6,15,21H,7-10H2,1H3. The molecule has 0 amide bonds. The number of benzene rings is 2. The lowest BCUT2D eigenvalue weighted by Crippen LogP contribution is -2.33. The third-order valence-corrected chi connectivity index (χ3v) is 4.86. The Morgan fingerprint density at radius 3 is 2.88 bits per heavy atom. The Labute approximate surface area is 145 Å². The quantitative estimate of drug-likeness (QED) is 0.924. The summed E-state index contributed by atoms with van der Waals surface area (Å²) in [6.45, 7) is 2.02. The van der Waals surface area contributed by atoms with E-state index in [0.29, 0.717) is 36.9 Å². The first kappa shape index (κ1) is 15.6. The molecule has 126 valence electrons. The lowest BCUT2D eigenvalue weighted by molar-refractivity contribution is 0.0862. The molecular weight excluding hydrogens is 330 g/mol. The number of β-amino-alcohol motifs (C(OH)–C–C–N with tert-alkyl or cyclic N) is 1. The Morgan fingerprint density at radius 2 is 2.08 bits per heavy atom. The molecule has 1 N–H and O–H groups in total. The van der Waals surface area contributed by atoms with Crippen LogP contribution in [0, 0.1) is 0 Å². The third kappa shape index (κ3) is 2.59. The maximum absolute atomic E-state index is 10.6. The van der Waals surface area contributed by atoms with Crippen molar-refractivity contribution in [3.8, 4) is 17.2 Å². The van der Waals surface area contributed by atoms with Gasteiger partial charge >= 0.3 is 0 Å². The van der Waals surface area contributed by atoms with E-state index >= 15 is 0 Å². The first-order valence-corrected chi connectivity index (χ1v) is 8.18. The molecule has 0 saturated carbocycles. The van der Waals surface area contributed by atoms with Gasteiger partial charge in [-0.25, -0.2) is 0 Å². The lowest BCUT2D eigenvalue weighted by Gasteiger charge is -2.33. The summed E-state index contributed by atoms with van der Waals surface area (Å²) in [5.41, 5.74) is 2.83. The summed E-state index contributed by atoms with van der Waals surface area (Å²) in [7, 11) is 1.59. The van der Waals surface area contributed by atoms with E-state index in [9.17, 15) is 5.11 Å². The summed E-state index contributed by atoms with van der Waals surface area (Å²) in [4.78, 5) is 2.16. The van der Waals surface area contributed by atoms with E-state index in [2.05, 4.69) is 4.90 Å². The van der Waals surface area contributed by atoms with Crippen molar-refractivity contribution >= 4 is 11.6 Å². The fraction of sp³-hybridized carbons (Fsp3) is 0.333. The Morgan fingerprint density at radius 1 is 1.29 bits per heavy atom. The van der Waals surface area contributed by atoms with Gasteiger partial charge in [-0.2, -0.15) is 0 Å². The van der Waals surface area contributed by atoms with E-state index in [1.807, 2.05) is 30.3 Å². The third-order valence-electron chi connectivity index (χ3n) is 4.49. The van der Waals surface area contributed by atoms with Gasteiger partial charge in [0.05, 0.1) is 13.2 Å². The SMILES string of the molecule is COc1cc2c(c3c1OCO3)CN(Cc1ccccc1Cl)CC2O. The topological polar surface area (TPSA) is 51.2 Å². The molecule has 0 saturated heterocycles. The van der Waals surface area contributed by atoms with E-state index in [4.69, 9.17) is 25.8 Å². The van der Waals surface area contributed by atoms with Gasteiger partial charge in [0.25, 0.3) is 0 Å². The number of aliphatic hydroxyl groups excluding tert-OH is 1. The van der Waals surface area contributed by atoms with Gasteiger partial charge in [-0.1, -0.05) is 29.8 Å². The van der Waals surface area contributed by atoms with Gasteiger partial charge in [0, 0.05) is 30.2 Å². The molecular formula is C18H18ClNO4. The number of hydrogen-bond donors (Lipinski definition) is 1. The molecule has 2 heterocycles. The first-order valence-electron chi connectivity index (χ1n) is 7.80. The second kappa shape index (κ2) is 6.16. The molecule has 1 atom stereocenters. The van der Waals surface area contributed by atoms with Gasteiger partial charge < -0.3 is 19.3 Å². The minimum atomic E-state index is -0.611. The highest BCUT2D eigenvalue weighted by Crippen LogP contribution is 2.48. The van der Waals surface area contributed by atoms with Crippen molar-refractivity contribution in [2.75, 3.05) is 20.4 Å². The van der Waals surface area contributed by atoms with E-state index in [1.54, 1.807) is 7.11 Å². The highest BCUT2D eigenvalue weighted by Gasteiger charge is 2.33. The van der Waals surface area contributed by atoms with Crippen LogP contribution in [-0.2, 0) is 13.1 Å². The zero-order chi connectivity index (χ0) is 16.7. The van der Waals surface area contributed by atoms with Crippen LogP contribution in [0.5, 0.6) is 17.2 Å². The van der Waals surface area contributed by atoms with Crippen LogP contribution in [0.25, 0.3) is 0 Å². The van der Waals surface area contributed by atoms with Crippen molar-refractivity contribution in [3.63, 3.8) is 0 Å². The Hall–Kier alpha value is -1.95. The molecule has 0 fully saturated rings. The number of ether oxygens (including phenoxy) is 3. The minimum Gasteiger partial charge on any atom is -0.493 e. The van der Waals surface area contributed by atoms with E-state index in [0.717, 1.165) is 21.7 Å². The van der Waals surface area contributed by atoms with Crippen molar-refractivity contribution in [2.45, 2.75) is 19.2 Å². The number of aliphatic hydroxyl groups is 1. The normalized spacial score (nSPS) is 19.2. The van der Waals surface area contributed by atoms with Crippen LogP contribution < -0.4 is 14.2 Å². The fourth-order valence-electron chi connectivity index (χ4n) is 3.34. The maximum atomic E-state index is 10.6. The van der Waals surface area contributed by atoms with Crippen molar-refractivity contribution in [1.82, 2.24) is 4.90 Å². The molecule has 1 unspecified atom stereocenters. The van der Waals surface area contributed by atoms with Crippen LogP contribution in [0.1, 0.15) is 22.8 Å². The van der Waals surface area contributed by atoms with Crippen LogP contribution in [0.2, 0.25) is 5.02 Å². The summed E-state index contributed by atoms with van der Waals surface area (Å²) < 4.78 is 16.5. The highest BCUT2D eigenvalue weighted by molar-refractivity contribution is 6.31.